The van der Waals surface area contributed by atoms with Gasteiger partial charge in [-0.3, -0.25) is 4.90 Å². The molecule has 1 aromatic rings. The molecule has 0 spiro atoms. The van der Waals surface area contributed by atoms with Crippen molar-refractivity contribution in [2.24, 2.45) is 0 Å². The lowest BCUT2D eigenvalue weighted by Crippen LogP contribution is -2.43. The second-order valence-electron chi connectivity index (χ2n) is 5.71. The average Bonchev–Trinajstić information content (AvgIpc) is 2.46. The smallest absolute Gasteiger partial charge is 0.0952 e. The van der Waals surface area contributed by atoms with Gasteiger partial charge in [0.25, 0.3) is 0 Å². The second kappa shape index (κ2) is 8.11. The minimum absolute atomic E-state index is 0.0363. The van der Waals surface area contributed by atoms with Gasteiger partial charge >= 0.3 is 0 Å². The van der Waals surface area contributed by atoms with E-state index in [2.05, 4.69) is 4.90 Å². The monoisotopic (exact) mass is 313 g/mol. The Kier molecular flexibility index (Phi) is 6.45. The maximum absolute atomic E-state index is 10.0. The lowest BCUT2D eigenvalue weighted by molar-refractivity contribution is -0.0574. The van der Waals surface area contributed by atoms with Gasteiger partial charge in [-0.1, -0.05) is 23.7 Å². The van der Waals surface area contributed by atoms with Crippen molar-refractivity contribution in [2.75, 3.05) is 32.8 Å². The average molecular weight is 314 g/mol. The molecule has 1 aliphatic rings. The molecule has 2 rings (SSSR count). The van der Waals surface area contributed by atoms with Crippen LogP contribution in [0.3, 0.4) is 0 Å². The maximum atomic E-state index is 10.0. The molecule has 21 heavy (non-hydrogen) atoms. The van der Waals surface area contributed by atoms with E-state index in [1.54, 1.807) is 0 Å². The van der Waals surface area contributed by atoms with Crippen molar-refractivity contribution in [3.8, 4) is 0 Å². The molecule has 2 atom stereocenters. The summed E-state index contributed by atoms with van der Waals surface area (Å²) in [4.78, 5) is 2.22. The van der Waals surface area contributed by atoms with E-state index >= 15 is 0 Å². The SMILES string of the molecule is CC(C)OCC(O)CN1CCOC(c2ccc(Cl)cc2)C1. The number of aliphatic hydroxyl groups is 1. The summed E-state index contributed by atoms with van der Waals surface area (Å²) in [6.45, 7) is 7.21. The number of hydrogen-bond donors (Lipinski definition) is 1. The Morgan fingerprint density at radius 3 is 2.76 bits per heavy atom. The number of β-amino-alcohol motifs (C(OH)–C–C–N with tert-alkyl or cyclic N) is 1. The fourth-order valence-electron chi connectivity index (χ4n) is 2.40. The zero-order valence-corrected chi connectivity index (χ0v) is 13.4. The zero-order valence-electron chi connectivity index (χ0n) is 12.7. The van der Waals surface area contributed by atoms with Crippen LogP contribution in [0.2, 0.25) is 5.02 Å². The molecule has 4 nitrogen and oxygen atoms in total. The first-order valence-electron chi connectivity index (χ1n) is 7.43. The second-order valence-corrected chi connectivity index (χ2v) is 6.14. The van der Waals surface area contributed by atoms with Gasteiger partial charge in [0.1, 0.15) is 0 Å². The van der Waals surface area contributed by atoms with Gasteiger partial charge in [-0.25, -0.2) is 0 Å². The Morgan fingerprint density at radius 1 is 1.38 bits per heavy atom. The highest BCUT2D eigenvalue weighted by molar-refractivity contribution is 6.30. The number of nitrogens with zero attached hydrogens (tertiary/aromatic N) is 1. The topological polar surface area (TPSA) is 41.9 Å². The minimum atomic E-state index is -0.462. The largest absolute Gasteiger partial charge is 0.389 e. The molecular weight excluding hydrogens is 290 g/mol. The van der Waals surface area contributed by atoms with Gasteiger partial charge in [0.2, 0.25) is 0 Å². The predicted octanol–water partition coefficient (Wildman–Crippen LogP) is 2.50. The lowest BCUT2D eigenvalue weighted by atomic mass is 10.1. The van der Waals surface area contributed by atoms with Crippen molar-refractivity contribution in [2.45, 2.75) is 32.2 Å². The standard InChI is InChI=1S/C16H24ClNO3/c1-12(2)21-11-15(19)9-18-7-8-20-16(10-18)13-3-5-14(17)6-4-13/h3-6,12,15-16,19H,7-11H2,1-2H3. The minimum Gasteiger partial charge on any atom is -0.389 e. The van der Waals surface area contributed by atoms with E-state index in [-0.39, 0.29) is 12.2 Å². The van der Waals surface area contributed by atoms with Crippen LogP contribution < -0.4 is 0 Å². The van der Waals surface area contributed by atoms with E-state index in [1.165, 1.54) is 0 Å². The number of benzene rings is 1. The summed E-state index contributed by atoms with van der Waals surface area (Å²) in [6, 6.07) is 7.75. The third-order valence-corrected chi connectivity index (χ3v) is 3.74. The molecule has 0 amide bonds. The summed E-state index contributed by atoms with van der Waals surface area (Å²) in [7, 11) is 0. The molecule has 0 saturated carbocycles. The van der Waals surface area contributed by atoms with Crippen LogP contribution in [0.25, 0.3) is 0 Å². The highest BCUT2D eigenvalue weighted by Gasteiger charge is 2.23. The predicted molar refractivity (Wildman–Crippen MR) is 83.7 cm³/mol. The summed E-state index contributed by atoms with van der Waals surface area (Å²) in [6.07, 6.45) is -0.281. The zero-order chi connectivity index (χ0) is 15.2. The van der Waals surface area contributed by atoms with Gasteiger partial charge in [0.15, 0.2) is 0 Å². The van der Waals surface area contributed by atoms with E-state index in [4.69, 9.17) is 21.1 Å². The molecule has 1 aromatic carbocycles. The fraction of sp³-hybridized carbons (Fsp3) is 0.625. The quantitative estimate of drug-likeness (QED) is 0.876. The van der Waals surface area contributed by atoms with Crippen molar-refractivity contribution in [1.82, 2.24) is 4.90 Å². The van der Waals surface area contributed by atoms with E-state index < -0.39 is 6.10 Å². The number of aliphatic hydroxyl groups excluding tert-OH is 1. The summed E-state index contributed by atoms with van der Waals surface area (Å²) < 4.78 is 11.3. The molecule has 0 aromatic heterocycles. The summed E-state index contributed by atoms with van der Waals surface area (Å²) in [5.74, 6) is 0. The fourth-order valence-corrected chi connectivity index (χ4v) is 2.53. The van der Waals surface area contributed by atoms with Crippen LogP contribution in [0.15, 0.2) is 24.3 Å². The van der Waals surface area contributed by atoms with Crippen molar-refractivity contribution >= 4 is 11.6 Å². The van der Waals surface area contributed by atoms with Gasteiger partial charge in [-0.05, 0) is 31.5 Å². The number of rotatable bonds is 6. The van der Waals surface area contributed by atoms with Crippen LogP contribution in [-0.4, -0.2) is 55.1 Å². The van der Waals surface area contributed by atoms with Crippen LogP contribution in [0, 0.1) is 0 Å². The molecular formula is C16H24ClNO3. The Bertz CT molecular complexity index is 424. The number of halogens is 1. The molecule has 1 N–H and O–H groups in total. The third-order valence-electron chi connectivity index (χ3n) is 3.48. The Balaban J connectivity index is 1.84. The molecule has 0 bridgehead atoms. The Labute approximate surface area is 131 Å². The van der Waals surface area contributed by atoms with Crippen LogP contribution >= 0.6 is 11.6 Å². The maximum Gasteiger partial charge on any atom is 0.0952 e. The highest BCUT2D eigenvalue weighted by atomic mass is 35.5. The van der Waals surface area contributed by atoms with Crippen LogP contribution in [0.5, 0.6) is 0 Å². The van der Waals surface area contributed by atoms with Gasteiger partial charge in [-0.2, -0.15) is 0 Å². The highest BCUT2D eigenvalue weighted by Crippen LogP contribution is 2.23. The van der Waals surface area contributed by atoms with Crippen molar-refractivity contribution in [1.29, 1.82) is 0 Å². The van der Waals surface area contributed by atoms with Crippen molar-refractivity contribution < 1.29 is 14.6 Å². The van der Waals surface area contributed by atoms with E-state index in [0.29, 0.717) is 19.8 Å². The number of morpholine rings is 1. The van der Waals surface area contributed by atoms with Crippen LogP contribution in [0.1, 0.15) is 25.5 Å². The van der Waals surface area contributed by atoms with Gasteiger partial charge in [-0.15, -0.1) is 0 Å². The van der Waals surface area contributed by atoms with Gasteiger partial charge in [0, 0.05) is 24.7 Å². The molecule has 2 unspecified atom stereocenters. The molecule has 0 aliphatic carbocycles. The first-order chi connectivity index (χ1) is 10.0. The van der Waals surface area contributed by atoms with Gasteiger partial charge in [0.05, 0.1) is 31.5 Å². The normalized spacial score (nSPS) is 21.7. The number of hydrogen-bond acceptors (Lipinski definition) is 4. The first kappa shape index (κ1) is 16.7. The van der Waals surface area contributed by atoms with E-state index in [0.717, 1.165) is 23.7 Å². The Morgan fingerprint density at radius 2 is 2.10 bits per heavy atom. The van der Waals surface area contributed by atoms with E-state index in [9.17, 15) is 5.11 Å². The molecule has 0 radical (unpaired) electrons. The molecule has 1 aliphatic heterocycles. The van der Waals surface area contributed by atoms with Crippen LogP contribution in [0.4, 0.5) is 0 Å². The summed E-state index contributed by atoms with van der Waals surface area (Å²) >= 11 is 5.91. The van der Waals surface area contributed by atoms with Crippen molar-refractivity contribution in [3.63, 3.8) is 0 Å². The molecule has 118 valence electrons. The molecule has 1 saturated heterocycles. The molecule has 5 heteroatoms. The summed E-state index contributed by atoms with van der Waals surface area (Å²) in [5, 5.41) is 10.7. The summed E-state index contributed by atoms with van der Waals surface area (Å²) in [5.41, 5.74) is 1.12. The van der Waals surface area contributed by atoms with Gasteiger partial charge < -0.3 is 14.6 Å². The van der Waals surface area contributed by atoms with E-state index in [1.807, 2.05) is 38.1 Å². The number of ether oxygens (including phenoxy) is 2. The molecule has 1 heterocycles. The Hall–Kier alpha value is -0.650. The molecule has 1 fully saturated rings. The van der Waals surface area contributed by atoms with Crippen molar-refractivity contribution in [3.05, 3.63) is 34.9 Å². The lowest BCUT2D eigenvalue weighted by Gasteiger charge is -2.34. The van der Waals surface area contributed by atoms with Crippen LogP contribution in [-0.2, 0) is 9.47 Å². The first-order valence-corrected chi connectivity index (χ1v) is 7.81. The third kappa shape index (κ3) is 5.57.